The molecule has 1 saturated heterocycles. The van der Waals surface area contributed by atoms with Gasteiger partial charge in [-0.1, -0.05) is 6.07 Å². The van der Waals surface area contributed by atoms with E-state index < -0.39 is 0 Å². The number of nitrogens with zero attached hydrogens (tertiary/aromatic N) is 2. The highest BCUT2D eigenvalue weighted by molar-refractivity contribution is 5.91. The molecule has 2 fully saturated rings. The van der Waals surface area contributed by atoms with E-state index >= 15 is 0 Å². The van der Waals surface area contributed by atoms with Crippen molar-refractivity contribution in [3.63, 3.8) is 0 Å². The molecule has 1 saturated carbocycles. The van der Waals surface area contributed by atoms with E-state index in [2.05, 4.69) is 20.8 Å². The average Bonchev–Trinajstić information content (AvgIpc) is 3.28. The van der Waals surface area contributed by atoms with E-state index in [0.717, 1.165) is 49.1 Å². The second-order valence-corrected chi connectivity index (χ2v) is 6.77. The molecule has 7 nitrogen and oxygen atoms in total. The predicted molar refractivity (Wildman–Crippen MR) is 92.1 cm³/mol. The smallest absolute Gasteiger partial charge is 0.319 e. The number of hydrogen-bond acceptors (Lipinski definition) is 5. The molecule has 2 N–H and O–H groups in total. The lowest BCUT2D eigenvalue weighted by molar-refractivity contribution is 0.0553. The predicted octanol–water partition coefficient (Wildman–Crippen LogP) is 3.12. The maximum Gasteiger partial charge on any atom is 0.319 e. The van der Waals surface area contributed by atoms with Crippen LogP contribution in [0.2, 0.25) is 0 Å². The maximum absolute atomic E-state index is 12.5. The van der Waals surface area contributed by atoms with Crippen LogP contribution in [0.4, 0.5) is 10.5 Å². The lowest BCUT2D eigenvalue weighted by Gasteiger charge is -2.33. The van der Waals surface area contributed by atoms with Crippen molar-refractivity contribution in [2.45, 2.75) is 44.8 Å². The molecule has 25 heavy (non-hydrogen) atoms. The summed E-state index contributed by atoms with van der Waals surface area (Å²) in [5, 5.41) is 13.7. The number of rotatable bonds is 3. The number of fused-ring (bicyclic) bond motifs is 1. The summed E-state index contributed by atoms with van der Waals surface area (Å²) >= 11 is 0. The molecule has 7 heteroatoms. The third kappa shape index (κ3) is 3.37. The summed E-state index contributed by atoms with van der Waals surface area (Å²) in [6, 6.07) is 5.68. The Hall–Kier alpha value is -2.41. The molecule has 0 unspecified atom stereocenters. The molecule has 1 aromatic carbocycles. The number of benzene rings is 1. The molecule has 1 aromatic heterocycles. The van der Waals surface area contributed by atoms with Gasteiger partial charge in [0.05, 0.1) is 6.10 Å². The van der Waals surface area contributed by atoms with Gasteiger partial charge in [-0.2, -0.15) is 0 Å². The van der Waals surface area contributed by atoms with Crippen LogP contribution in [0.1, 0.15) is 31.2 Å². The van der Waals surface area contributed by atoms with E-state index in [1.807, 2.05) is 25.1 Å². The molecule has 0 radical (unpaired) electrons. The molecular weight excluding hydrogens is 320 g/mol. The third-order valence-corrected chi connectivity index (χ3v) is 5.19. The van der Waals surface area contributed by atoms with Crippen LogP contribution in [0.5, 0.6) is 0 Å². The van der Waals surface area contributed by atoms with E-state index in [-0.39, 0.29) is 12.1 Å². The van der Waals surface area contributed by atoms with Gasteiger partial charge in [0.25, 0.3) is 0 Å². The zero-order valence-corrected chi connectivity index (χ0v) is 14.2. The lowest BCUT2D eigenvalue weighted by atomic mass is 9.82. The van der Waals surface area contributed by atoms with Crippen molar-refractivity contribution < 1.29 is 13.9 Å². The first-order valence-corrected chi connectivity index (χ1v) is 8.77. The Morgan fingerprint density at radius 1 is 1.28 bits per heavy atom. The highest BCUT2D eigenvalue weighted by atomic mass is 16.5. The summed E-state index contributed by atoms with van der Waals surface area (Å²) in [6.45, 7) is 2.76. The molecule has 1 aliphatic heterocycles. The summed E-state index contributed by atoms with van der Waals surface area (Å²) < 4.78 is 11.0. The second kappa shape index (κ2) is 6.84. The standard InChI is InChI=1S/C18H22N4O3/c1-11-5-6-12(17-22-19-10-25-17)9-15(11)21-18(23)20-14-3-2-4-16-13(14)7-8-24-16/h5-6,9-10,13-14,16H,2-4,7-8H2,1H3,(H2,20,21,23)/t13-,14-,16+/m1/s1. The minimum absolute atomic E-state index is 0.177. The van der Waals surface area contributed by atoms with Gasteiger partial charge < -0.3 is 19.8 Å². The number of anilines is 1. The zero-order chi connectivity index (χ0) is 17.2. The van der Waals surface area contributed by atoms with Crippen LogP contribution in [0.25, 0.3) is 11.5 Å². The van der Waals surface area contributed by atoms with Gasteiger partial charge in [-0.05, 0) is 50.3 Å². The van der Waals surface area contributed by atoms with Gasteiger partial charge in [0.1, 0.15) is 0 Å². The Bertz CT molecular complexity index is 747. The molecular formula is C18H22N4O3. The Kier molecular flexibility index (Phi) is 4.40. The fraction of sp³-hybridized carbons (Fsp3) is 0.500. The normalized spacial score (nSPS) is 25.4. The molecule has 2 aromatic rings. The first-order chi connectivity index (χ1) is 12.2. The van der Waals surface area contributed by atoms with Crippen LogP contribution in [-0.4, -0.2) is 35.0 Å². The van der Waals surface area contributed by atoms with Gasteiger partial charge in [-0.25, -0.2) is 4.79 Å². The number of amides is 2. The van der Waals surface area contributed by atoms with Crippen LogP contribution in [0.3, 0.4) is 0 Å². The second-order valence-electron chi connectivity index (χ2n) is 6.77. The van der Waals surface area contributed by atoms with Crippen molar-refractivity contribution in [3.05, 3.63) is 30.2 Å². The van der Waals surface area contributed by atoms with Crippen LogP contribution in [0, 0.1) is 12.8 Å². The number of aromatic nitrogens is 2. The highest BCUT2D eigenvalue weighted by Gasteiger charge is 2.38. The van der Waals surface area contributed by atoms with Gasteiger partial charge >= 0.3 is 6.03 Å². The van der Waals surface area contributed by atoms with Crippen molar-refractivity contribution in [3.8, 4) is 11.5 Å². The van der Waals surface area contributed by atoms with Crippen molar-refractivity contribution >= 4 is 11.7 Å². The third-order valence-electron chi connectivity index (χ3n) is 5.19. The summed E-state index contributed by atoms with van der Waals surface area (Å²) in [6.07, 6.45) is 5.84. The maximum atomic E-state index is 12.5. The molecule has 2 aliphatic rings. The van der Waals surface area contributed by atoms with Gasteiger partial charge in [0.15, 0.2) is 0 Å². The van der Waals surface area contributed by atoms with E-state index in [1.54, 1.807) is 0 Å². The number of ether oxygens (including phenoxy) is 1. The number of carbonyl (C=O) groups excluding carboxylic acids is 1. The van der Waals surface area contributed by atoms with Crippen molar-refractivity contribution in [2.75, 3.05) is 11.9 Å². The molecule has 132 valence electrons. The molecule has 2 amide bonds. The first kappa shape index (κ1) is 16.1. The van der Waals surface area contributed by atoms with Crippen LogP contribution < -0.4 is 10.6 Å². The molecule has 3 atom stereocenters. The van der Waals surface area contributed by atoms with E-state index in [0.29, 0.717) is 17.9 Å². The number of hydrogen-bond donors (Lipinski definition) is 2. The molecule has 0 spiro atoms. The van der Waals surface area contributed by atoms with Gasteiger partial charge in [0.2, 0.25) is 12.3 Å². The quantitative estimate of drug-likeness (QED) is 0.894. The van der Waals surface area contributed by atoms with Crippen LogP contribution in [0.15, 0.2) is 29.0 Å². The average molecular weight is 342 g/mol. The van der Waals surface area contributed by atoms with Crippen molar-refractivity contribution in [1.29, 1.82) is 0 Å². The van der Waals surface area contributed by atoms with Gasteiger partial charge in [-0.3, -0.25) is 0 Å². The Labute approximate surface area is 146 Å². The minimum atomic E-state index is -0.177. The largest absolute Gasteiger partial charge is 0.423 e. The first-order valence-electron chi connectivity index (χ1n) is 8.77. The summed E-state index contributed by atoms with van der Waals surface area (Å²) in [4.78, 5) is 12.5. The number of nitrogens with one attached hydrogen (secondary N) is 2. The zero-order valence-electron chi connectivity index (χ0n) is 14.2. The highest BCUT2D eigenvalue weighted by Crippen LogP contribution is 2.34. The van der Waals surface area contributed by atoms with Crippen molar-refractivity contribution in [1.82, 2.24) is 15.5 Å². The fourth-order valence-electron chi connectivity index (χ4n) is 3.87. The fourth-order valence-corrected chi connectivity index (χ4v) is 3.87. The molecule has 2 heterocycles. The Balaban J connectivity index is 1.44. The van der Waals surface area contributed by atoms with Gasteiger partial charge in [0, 0.05) is 29.8 Å². The van der Waals surface area contributed by atoms with E-state index in [9.17, 15) is 4.79 Å². The van der Waals surface area contributed by atoms with Crippen LogP contribution >= 0.6 is 0 Å². The Morgan fingerprint density at radius 2 is 2.20 bits per heavy atom. The molecule has 1 aliphatic carbocycles. The topological polar surface area (TPSA) is 89.3 Å². The van der Waals surface area contributed by atoms with Crippen LogP contribution in [-0.2, 0) is 4.74 Å². The molecule has 4 rings (SSSR count). The minimum Gasteiger partial charge on any atom is -0.423 e. The lowest BCUT2D eigenvalue weighted by Crippen LogP contribution is -2.47. The summed E-state index contributed by atoms with van der Waals surface area (Å²) in [7, 11) is 0. The monoisotopic (exact) mass is 342 g/mol. The van der Waals surface area contributed by atoms with Gasteiger partial charge in [-0.15, -0.1) is 10.2 Å². The number of carbonyl (C=O) groups is 1. The van der Waals surface area contributed by atoms with E-state index in [1.165, 1.54) is 6.39 Å². The van der Waals surface area contributed by atoms with E-state index in [4.69, 9.17) is 9.15 Å². The summed E-state index contributed by atoms with van der Waals surface area (Å²) in [5.74, 6) is 0.868. The number of urea groups is 1. The molecule has 0 bridgehead atoms. The van der Waals surface area contributed by atoms with Crippen molar-refractivity contribution in [2.24, 2.45) is 5.92 Å². The SMILES string of the molecule is Cc1ccc(-c2nnco2)cc1NC(=O)N[C@@H]1CCC[C@@H]2OCC[C@@H]21. The summed E-state index contributed by atoms with van der Waals surface area (Å²) in [5.41, 5.74) is 2.49. The Morgan fingerprint density at radius 3 is 3.04 bits per heavy atom. The number of aryl methyl sites for hydroxylation is 1.